The summed E-state index contributed by atoms with van der Waals surface area (Å²) in [6, 6.07) is 14.5. The van der Waals surface area contributed by atoms with Gasteiger partial charge in [-0.3, -0.25) is 4.79 Å². The van der Waals surface area contributed by atoms with E-state index in [1.54, 1.807) is 25.4 Å². The summed E-state index contributed by atoms with van der Waals surface area (Å²) in [5.41, 5.74) is 1.49. The van der Waals surface area contributed by atoms with Crippen molar-refractivity contribution in [1.82, 2.24) is 14.9 Å². The number of nitrogens with one attached hydrogen (secondary N) is 1. The van der Waals surface area contributed by atoms with Gasteiger partial charge in [0.05, 0.1) is 13.7 Å². The lowest BCUT2D eigenvalue weighted by atomic mass is 10.0. The Morgan fingerprint density at radius 2 is 1.73 bits per heavy atom. The fourth-order valence-electron chi connectivity index (χ4n) is 3.08. The van der Waals surface area contributed by atoms with Crippen molar-refractivity contribution in [3.8, 4) is 11.5 Å². The average Bonchev–Trinajstić information content (AvgIpc) is 3.18. The highest BCUT2D eigenvalue weighted by atomic mass is 16.5. The summed E-state index contributed by atoms with van der Waals surface area (Å²) in [5.74, 6) is 2.70. The Balaban J connectivity index is 1.75. The van der Waals surface area contributed by atoms with Gasteiger partial charge in [0.25, 0.3) is 5.91 Å². The lowest BCUT2D eigenvalue weighted by molar-refractivity contribution is 0.0941. The molecule has 2 aromatic carbocycles. The van der Waals surface area contributed by atoms with Crippen LogP contribution in [0.5, 0.6) is 11.5 Å². The molecule has 0 saturated carbocycles. The summed E-state index contributed by atoms with van der Waals surface area (Å²) in [7, 11) is 3.54. The molecule has 1 aromatic heterocycles. The Hall–Kier alpha value is -3.28. The highest BCUT2D eigenvalue weighted by Crippen LogP contribution is 2.24. The first-order chi connectivity index (χ1) is 14.5. The van der Waals surface area contributed by atoms with Crippen LogP contribution in [0.2, 0.25) is 0 Å². The predicted octanol–water partition coefficient (Wildman–Crippen LogP) is 4.37. The van der Waals surface area contributed by atoms with Crippen LogP contribution < -0.4 is 14.8 Å². The highest BCUT2D eigenvalue weighted by molar-refractivity contribution is 5.94. The third-order valence-corrected chi connectivity index (χ3v) is 4.92. The van der Waals surface area contributed by atoms with Gasteiger partial charge in [0.15, 0.2) is 0 Å². The van der Waals surface area contributed by atoms with E-state index in [0.29, 0.717) is 18.1 Å². The monoisotopic (exact) mass is 407 g/mol. The van der Waals surface area contributed by atoms with Crippen molar-refractivity contribution in [1.29, 1.82) is 0 Å². The van der Waals surface area contributed by atoms with Crippen LogP contribution >= 0.6 is 0 Å². The van der Waals surface area contributed by atoms with Gasteiger partial charge in [-0.25, -0.2) is 4.98 Å². The normalized spacial score (nSPS) is 11.9. The molecule has 0 spiro atoms. The molecule has 0 radical (unpaired) electrons. The third-order valence-electron chi connectivity index (χ3n) is 4.92. The summed E-state index contributed by atoms with van der Waals surface area (Å²) < 4.78 is 12.9. The fraction of sp³-hybridized carbons (Fsp3) is 0.333. The minimum absolute atomic E-state index is 0.174. The number of carbonyl (C=O) groups is 1. The molecule has 0 aliphatic rings. The number of imidazole rings is 1. The Morgan fingerprint density at radius 1 is 1.07 bits per heavy atom. The van der Waals surface area contributed by atoms with Crippen molar-refractivity contribution in [2.24, 2.45) is 13.0 Å². The largest absolute Gasteiger partial charge is 0.497 e. The molecule has 1 unspecified atom stereocenters. The van der Waals surface area contributed by atoms with Crippen molar-refractivity contribution >= 4 is 5.91 Å². The second-order valence-corrected chi connectivity index (χ2v) is 7.63. The maximum atomic E-state index is 13.0. The first kappa shape index (κ1) is 21.4. The van der Waals surface area contributed by atoms with Gasteiger partial charge in [-0.15, -0.1) is 0 Å². The van der Waals surface area contributed by atoms with Gasteiger partial charge in [-0.05, 0) is 54.3 Å². The molecule has 3 aromatic rings. The van der Waals surface area contributed by atoms with E-state index < -0.39 is 0 Å². The standard InChI is InChI=1S/C24H29N3O3/c1-17(2)13-16-30-21-11-7-19(8-12-21)24(28)26-22(23-25-14-15-27(23)3)18-5-9-20(29-4)10-6-18/h5-12,14-15,17,22H,13,16H2,1-4H3,(H,26,28). The van der Waals surface area contributed by atoms with E-state index in [9.17, 15) is 4.79 Å². The minimum Gasteiger partial charge on any atom is -0.497 e. The topological polar surface area (TPSA) is 65.4 Å². The Bertz CT molecular complexity index is 947. The van der Waals surface area contributed by atoms with Crippen molar-refractivity contribution in [3.63, 3.8) is 0 Å². The van der Waals surface area contributed by atoms with E-state index in [0.717, 1.165) is 29.3 Å². The van der Waals surface area contributed by atoms with Gasteiger partial charge >= 0.3 is 0 Å². The van der Waals surface area contributed by atoms with Crippen LogP contribution in [0.25, 0.3) is 0 Å². The number of methoxy groups -OCH3 is 1. The number of amides is 1. The molecule has 0 bridgehead atoms. The van der Waals surface area contributed by atoms with Crippen LogP contribution in [0.1, 0.15) is 48.1 Å². The molecule has 30 heavy (non-hydrogen) atoms. The molecule has 158 valence electrons. The predicted molar refractivity (Wildman–Crippen MR) is 117 cm³/mol. The molecule has 6 heteroatoms. The molecule has 0 saturated heterocycles. The molecular weight excluding hydrogens is 378 g/mol. The van der Waals surface area contributed by atoms with Gasteiger partial charge in [-0.2, -0.15) is 0 Å². The van der Waals surface area contributed by atoms with Crippen molar-refractivity contribution < 1.29 is 14.3 Å². The summed E-state index contributed by atoms with van der Waals surface area (Å²) in [6.45, 7) is 5.00. The number of nitrogens with zero attached hydrogens (tertiary/aromatic N) is 2. The lowest BCUT2D eigenvalue weighted by Gasteiger charge is -2.19. The van der Waals surface area contributed by atoms with Crippen LogP contribution in [-0.2, 0) is 7.05 Å². The lowest BCUT2D eigenvalue weighted by Crippen LogP contribution is -2.31. The molecule has 0 aliphatic heterocycles. The van der Waals surface area contributed by atoms with Crippen LogP contribution in [0.15, 0.2) is 60.9 Å². The maximum Gasteiger partial charge on any atom is 0.252 e. The Labute approximate surface area is 177 Å². The smallest absolute Gasteiger partial charge is 0.252 e. The number of aromatic nitrogens is 2. The van der Waals surface area contributed by atoms with Gasteiger partial charge in [0.2, 0.25) is 0 Å². The number of ether oxygens (including phenoxy) is 2. The van der Waals surface area contributed by atoms with Crippen LogP contribution in [-0.4, -0.2) is 29.2 Å². The zero-order chi connectivity index (χ0) is 21.5. The van der Waals surface area contributed by atoms with E-state index in [1.807, 2.05) is 54.2 Å². The van der Waals surface area contributed by atoms with E-state index in [-0.39, 0.29) is 11.9 Å². The first-order valence-corrected chi connectivity index (χ1v) is 10.1. The first-order valence-electron chi connectivity index (χ1n) is 10.1. The number of hydrogen-bond acceptors (Lipinski definition) is 4. The number of benzene rings is 2. The van der Waals surface area contributed by atoms with Crippen LogP contribution in [0.4, 0.5) is 0 Å². The zero-order valence-electron chi connectivity index (χ0n) is 18.0. The van der Waals surface area contributed by atoms with Crippen LogP contribution in [0.3, 0.4) is 0 Å². The van der Waals surface area contributed by atoms with E-state index in [4.69, 9.17) is 9.47 Å². The molecule has 3 rings (SSSR count). The summed E-state index contributed by atoms with van der Waals surface area (Å²) >= 11 is 0. The number of rotatable bonds is 9. The van der Waals surface area contributed by atoms with Crippen molar-refractivity contribution in [3.05, 3.63) is 77.9 Å². The maximum absolute atomic E-state index is 13.0. The highest BCUT2D eigenvalue weighted by Gasteiger charge is 2.21. The molecule has 1 N–H and O–H groups in total. The molecular formula is C24H29N3O3. The van der Waals surface area contributed by atoms with Gasteiger partial charge < -0.3 is 19.4 Å². The van der Waals surface area contributed by atoms with Gasteiger partial charge in [0.1, 0.15) is 23.4 Å². The fourth-order valence-corrected chi connectivity index (χ4v) is 3.08. The molecule has 1 heterocycles. The number of aryl methyl sites for hydroxylation is 1. The molecule has 1 amide bonds. The number of hydrogen-bond donors (Lipinski definition) is 1. The summed E-state index contributed by atoms with van der Waals surface area (Å²) in [5, 5.41) is 3.10. The molecule has 6 nitrogen and oxygen atoms in total. The third kappa shape index (κ3) is 5.41. The van der Waals surface area contributed by atoms with E-state index >= 15 is 0 Å². The Kier molecular flexibility index (Phi) is 7.12. The van der Waals surface area contributed by atoms with Gasteiger partial charge in [-0.1, -0.05) is 26.0 Å². The van der Waals surface area contributed by atoms with Crippen molar-refractivity contribution in [2.45, 2.75) is 26.3 Å². The van der Waals surface area contributed by atoms with Crippen molar-refractivity contribution in [2.75, 3.05) is 13.7 Å². The quantitative estimate of drug-likeness (QED) is 0.572. The Morgan fingerprint density at radius 3 is 2.30 bits per heavy atom. The second-order valence-electron chi connectivity index (χ2n) is 7.63. The SMILES string of the molecule is COc1ccc(C(NC(=O)c2ccc(OCCC(C)C)cc2)c2nccn2C)cc1. The summed E-state index contributed by atoms with van der Waals surface area (Å²) in [6.07, 6.45) is 4.58. The average molecular weight is 408 g/mol. The molecule has 0 fully saturated rings. The molecule has 1 atom stereocenters. The zero-order valence-corrected chi connectivity index (χ0v) is 18.0. The summed E-state index contributed by atoms with van der Waals surface area (Å²) in [4.78, 5) is 17.4. The number of carbonyl (C=O) groups excluding carboxylic acids is 1. The van der Waals surface area contributed by atoms with E-state index in [2.05, 4.69) is 24.1 Å². The second kappa shape index (κ2) is 9.96. The minimum atomic E-state index is -0.384. The van der Waals surface area contributed by atoms with Crippen LogP contribution in [0, 0.1) is 5.92 Å². The van der Waals surface area contributed by atoms with E-state index in [1.165, 1.54) is 0 Å². The van der Waals surface area contributed by atoms with Gasteiger partial charge in [0, 0.05) is 25.0 Å². The molecule has 0 aliphatic carbocycles.